The molecule has 0 bridgehead atoms. The molecule has 200 valence electrons. The van der Waals surface area contributed by atoms with Crippen LogP contribution in [0.1, 0.15) is 30.9 Å². The molecule has 0 fully saturated rings. The summed E-state index contributed by atoms with van der Waals surface area (Å²) in [5.74, 6) is -0.0381. The molecule has 0 saturated carbocycles. The lowest BCUT2D eigenvalue weighted by atomic mass is 10.2. The van der Waals surface area contributed by atoms with Crippen LogP contribution >= 0.6 is 11.6 Å². The van der Waals surface area contributed by atoms with Crippen molar-refractivity contribution in [3.63, 3.8) is 0 Å². The second-order valence-electron chi connectivity index (χ2n) is 7.15. The van der Waals surface area contributed by atoms with E-state index in [1.54, 1.807) is 4.72 Å². The number of aromatic nitrogens is 1. The molecule has 36 heavy (non-hydrogen) atoms. The highest BCUT2D eigenvalue weighted by molar-refractivity contribution is 7.88. The third-order valence-electron chi connectivity index (χ3n) is 4.34. The number of methoxy groups -OCH3 is 1. The lowest BCUT2D eigenvalue weighted by Gasteiger charge is -2.15. The van der Waals surface area contributed by atoms with Crippen LogP contribution in [0.4, 0.5) is 18.0 Å². The first-order valence-corrected chi connectivity index (χ1v) is 12.4. The molecule has 2 aromatic rings. The van der Waals surface area contributed by atoms with Crippen LogP contribution in [0.3, 0.4) is 0 Å². The number of nitrogens with zero attached hydrogens (tertiary/aromatic N) is 1. The SMILES string of the molecule is CCCCNS(=O)(=O)NC(=O)OCc1ccc(OCCOC)cc1Oc1ncc(C(F)(F)F)cc1Cl. The van der Waals surface area contributed by atoms with E-state index in [1.807, 2.05) is 6.92 Å². The number of halogens is 4. The molecule has 10 nitrogen and oxygen atoms in total. The molecule has 1 aromatic heterocycles. The van der Waals surface area contributed by atoms with Crippen LogP contribution in [0.2, 0.25) is 5.02 Å². The number of pyridine rings is 1. The summed E-state index contributed by atoms with van der Waals surface area (Å²) in [5, 5.41) is -0.413. The van der Waals surface area contributed by atoms with Crippen LogP contribution in [-0.4, -0.2) is 46.4 Å². The predicted octanol–water partition coefficient (Wildman–Crippen LogP) is 4.43. The molecule has 0 aliphatic rings. The molecule has 2 N–H and O–H groups in total. The van der Waals surface area contributed by atoms with Gasteiger partial charge in [0.15, 0.2) is 0 Å². The molecule has 2 rings (SSSR count). The fourth-order valence-corrected chi connectivity index (χ4v) is 3.51. The molecule has 0 aliphatic heterocycles. The Hall–Kier alpha value is -2.81. The highest BCUT2D eigenvalue weighted by Crippen LogP contribution is 2.36. The fourth-order valence-electron chi connectivity index (χ4n) is 2.54. The van der Waals surface area contributed by atoms with Crippen LogP contribution in [0.15, 0.2) is 30.5 Å². The van der Waals surface area contributed by atoms with Crippen molar-refractivity contribution in [3.8, 4) is 17.4 Å². The Kier molecular flexibility index (Phi) is 11.0. The molecule has 0 aliphatic carbocycles. The summed E-state index contributed by atoms with van der Waals surface area (Å²) in [5.41, 5.74) is -0.844. The van der Waals surface area contributed by atoms with E-state index in [4.69, 9.17) is 30.5 Å². The number of rotatable bonds is 13. The molecule has 1 heterocycles. The summed E-state index contributed by atoms with van der Waals surface area (Å²) >= 11 is 5.93. The van der Waals surface area contributed by atoms with E-state index >= 15 is 0 Å². The number of ether oxygens (including phenoxy) is 4. The maximum Gasteiger partial charge on any atom is 0.422 e. The first-order chi connectivity index (χ1) is 16.9. The molecule has 0 radical (unpaired) electrons. The van der Waals surface area contributed by atoms with Crippen molar-refractivity contribution in [2.75, 3.05) is 26.9 Å². The van der Waals surface area contributed by atoms with E-state index in [0.717, 1.165) is 6.42 Å². The van der Waals surface area contributed by atoms with Gasteiger partial charge in [0.25, 0.3) is 0 Å². The van der Waals surface area contributed by atoms with Gasteiger partial charge in [-0.2, -0.15) is 26.3 Å². The number of amides is 1. The van der Waals surface area contributed by atoms with Gasteiger partial charge in [0.2, 0.25) is 5.88 Å². The largest absolute Gasteiger partial charge is 0.491 e. The van der Waals surface area contributed by atoms with Crippen molar-refractivity contribution >= 4 is 27.9 Å². The molecule has 1 amide bonds. The van der Waals surface area contributed by atoms with Gasteiger partial charge in [-0.1, -0.05) is 24.9 Å². The minimum absolute atomic E-state index is 0.00389. The summed E-state index contributed by atoms with van der Waals surface area (Å²) in [6.07, 6.45) is -4.02. The summed E-state index contributed by atoms with van der Waals surface area (Å²) < 4.78 is 87.3. The standard InChI is InChI=1S/C21H25ClF3N3O7S/c1-3-4-7-27-36(30,31)28-20(29)34-13-14-5-6-16(33-9-8-32-2)11-18(14)35-19-17(22)10-15(12-26-19)21(23,24)25/h5-6,10-12,27H,3-4,7-9,13H2,1-2H3,(H,28,29). The molecule has 0 spiro atoms. The van der Waals surface area contributed by atoms with Crippen LogP contribution in [0.25, 0.3) is 0 Å². The van der Waals surface area contributed by atoms with Gasteiger partial charge in [0.05, 0.1) is 12.2 Å². The van der Waals surface area contributed by atoms with Crippen molar-refractivity contribution in [2.24, 2.45) is 0 Å². The Balaban J connectivity index is 2.19. The van der Waals surface area contributed by atoms with Gasteiger partial charge in [-0.3, -0.25) is 0 Å². The first-order valence-electron chi connectivity index (χ1n) is 10.5. The minimum Gasteiger partial charge on any atom is -0.491 e. The second kappa shape index (κ2) is 13.5. The van der Waals surface area contributed by atoms with Crippen LogP contribution < -0.4 is 18.9 Å². The lowest BCUT2D eigenvalue weighted by molar-refractivity contribution is -0.137. The number of hydrogen-bond acceptors (Lipinski definition) is 8. The van der Waals surface area contributed by atoms with Crippen molar-refractivity contribution in [2.45, 2.75) is 32.5 Å². The van der Waals surface area contributed by atoms with Gasteiger partial charge >= 0.3 is 22.5 Å². The van der Waals surface area contributed by atoms with Gasteiger partial charge in [-0.25, -0.2) is 14.5 Å². The van der Waals surface area contributed by atoms with E-state index < -0.39 is 39.7 Å². The molecular formula is C21H25ClF3N3O7S. The predicted molar refractivity (Wildman–Crippen MR) is 123 cm³/mol. The van der Waals surface area contributed by atoms with Gasteiger partial charge in [0, 0.05) is 31.5 Å². The second-order valence-corrected chi connectivity index (χ2v) is 9.06. The Labute approximate surface area is 211 Å². The van der Waals surface area contributed by atoms with Crippen molar-refractivity contribution in [1.29, 1.82) is 0 Å². The Morgan fingerprint density at radius 1 is 1.19 bits per heavy atom. The topological polar surface area (TPSA) is 125 Å². The third-order valence-corrected chi connectivity index (χ3v) is 5.63. The first kappa shape index (κ1) is 29.4. The van der Waals surface area contributed by atoms with E-state index in [1.165, 1.54) is 25.3 Å². The van der Waals surface area contributed by atoms with Gasteiger partial charge in [0.1, 0.15) is 29.7 Å². The summed E-state index contributed by atoms with van der Waals surface area (Å²) in [6.45, 7) is 2.03. The number of benzene rings is 1. The smallest absolute Gasteiger partial charge is 0.422 e. The average molecular weight is 556 g/mol. The van der Waals surface area contributed by atoms with Gasteiger partial charge < -0.3 is 18.9 Å². The highest BCUT2D eigenvalue weighted by Gasteiger charge is 2.32. The lowest BCUT2D eigenvalue weighted by Crippen LogP contribution is -2.40. The number of carbonyl (C=O) groups is 1. The number of hydrogen-bond donors (Lipinski definition) is 2. The zero-order valence-electron chi connectivity index (χ0n) is 19.4. The quantitative estimate of drug-likeness (QED) is 0.348. The average Bonchev–Trinajstić information content (AvgIpc) is 2.79. The molecular weight excluding hydrogens is 531 g/mol. The monoisotopic (exact) mass is 555 g/mol. The van der Waals surface area contributed by atoms with Crippen molar-refractivity contribution < 1.29 is 45.3 Å². The third kappa shape index (κ3) is 9.68. The van der Waals surface area contributed by atoms with Gasteiger partial charge in [-0.15, -0.1) is 0 Å². The summed E-state index contributed by atoms with van der Waals surface area (Å²) in [6, 6.07) is 5.01. The van der Waals surface area contributed by atoms with Crippen molar-refractivity contribution in [3.05, 3.63) is 46.6 Å². The maximum atomic E-state index is 12.9. The minimum atomic E-state index is -4.65. The zero-order valence-corrected chi connectivity index (χ0v) is 20.9. The highest BCUT2D eigenvalue weighted by atomic mass is 35.5. The normalized spacial score (nSPS) is 11.7. The number of alkyl halides is 3. The molecule has 0 saturated heterocycles. The van der Waals surface area contributed by atoms with E-state index in [9.17, 15) is 26.4 Å². The van der Waals surface area contributed by atoms with Gasteiger partial charge in [-0.05, 0) is 24.6 Å². The number of nitrogens with one attached hydrogen (secondary N) is 2. The molecule has 0 atom stereocenters. The Bertz CT molecular complexity index is 1130. The number of carbonyl (C=O) groups excluding carboxylic acids is 1. The number of unbranched alkanes of at least 4 members (excludes halogenated alkanes) is 1. The fraction of sp³-hybridized carbons (Fsp3) is 0.429. The van der Waals surface area contributed by atoms with E-state index in [-0.39, 0.29) is 37.0 Å². The van der Waals surface area contributed by atoms with E-state index in [2.05, 4.69) is 9.71 Å². The summed E-state index contributed by atoms with van der Waals surface area (Å²) in [4.78, 5) is 15.6. The molecule has 0 unspecified atom stereocenters. The maximum absolute atomic E-state index is 12.9. The van der Waals surface area contributed by atoms with Crippen molar-refractivity contribution in [1.82, 2.24) is 14.4 Å². The Morgan fingerprint density at radius 2 is 1.94 bits per heavy atom. The Morgan fingerprint density at radius 3 is 2.58 bits per heavy atom. The summed E-state index contributed by atoms with van der Waals surface area (Å²) in [7, 11) is -2.63. The van der Waals surface area contributed by atoms with Crippen LogP contribution in [0.5, 0.6) is 17.4 Å². The van der Waals surface area contributed by atoms with E-state index in [0.29, 0.717) is 24.4 Å². The zero-order chi connectivity index (χ0) is 26.8. The van der Waals surface area contributed by atoms with Crippen LogP contribution in [-0.2, 0) is 32.5 Å². The molecule has 1 aromatic carbocycles. The van der Waals surface area contributed by atoms with Crippen LogP contribution in [0, 0.1) is 0 Å². The molecule has 15 heteroatoms.